The smallest absolute Gasteiger partial charge is 0.184 e. The van der Waals surface area contributed by atoms with E-state index in [1.165, 1.54) is 12.1 Å². The van der Waals surface area contributed by atoms with Crippen LogP contribution in [-0.2, 0) is 15.6 Å². The van der Waals surface area contributed by atoms with E-state index < -0.39 is 9.84 Å². The molecule has 0 heterocycles. The molecule has 0 aliphatic carbocycles. The Morgan fingerprint density at radius 3 is 2.37 bits per heavy atom. The Hall–Kier alpha value is -1.23. The first kappa shape index (κ1) is 14.2. The molecular weight excluding hydrogens is 305 g/mol. The summed E-state index contributed by atoms with van der Waals surface area (Å²) in [6.07, 6.45) is 0. The largest absolute Gasteiger partial charge is 0.398 e. The van der Waals surface area contributed by atoms with Crippen LogP contribution < -0.4 is 5.73 Å². The maximum absolute atomic E-state index is 12.3. The summed E-state index contributed by atoms with van der Waals surface area (Å²) in [6.45, 7) is 0. The molecule has 0 spiro atoms. The van der Waals surface area contributed by atoms with E-state index in [2.05, 4.69) is 0 Å². The topological polar surface area (TPSA) is 60.2 Å². The summed E-state index contributed by atoms with van der Waals surface area (Å²) in [6, 6.07) is 11.1. The molecule has 2 aromatic carbocycles. The van der Waals surface area contributed by atoms with Crippen molar-refractivity contribution in [3.63, 3.8) is 0 Å². The molecule has 2 N–H and O–H groups in total. The molecule has 2 aromatic rings. The predicted octanol–water partition coefficient (Wildman–Crippen LogP) is 3.55. The number of rotatable bonds is 3. The van der Waals surface area contributed by atoms with E-state index in [1.807, 2.05) is 0 Å². The molecule has 0 fully saturated rings. The summed E-state index contributed by atoms with van der Waals surface area (Å²) in [5.41, 5.74) is 6.41. The van der Waals surface area contributed by atoms with E-state index in [9.17, 15) is 8.42 Å². The third kappa shape index (κ3) is 3.21. The molecule has 2 rings (SSSR count). The Kier molecular flexibility index (Phi) is 4.04. The number of hydrogen-bond donors (Lipinski definition) is 1. The minimum absolute atomic E-state index is 0.112. The van der Waals surface area contributed by atoms with Crippen molar-refractivity contribution in [3.05, 3.63) is 58.1 Å². The fourth-order valence-electron chi connectivity index (χ4n) is 1.68. The van der Waals surface area contributed by atoms with Crippen molar-refractivity contribution in [2.24, 2.45) is 0 Å². The second-order valence-corrected chi connectivity index (χ2v) is 6.83. The summed E-state index contributed by atoms with van der Waals surface area (Å²) in [4.78, 5) is 0.112. The minimum atomic E-state index is -3.53. The van der Waals surface area contributed by atoms with Crippen LogP contribution in [0.15, 0.2) is 47.4 Å². The summed E-state index contributed by atoms with van der Waals surface area (Å²) in [7, 11) is -3.53. The van der Waals surface area contributed by atoms with Gasteiger partial charge in [-0.2, -0.15) is 0 Å². The number of benzene rings is 2. The standard InChI is InChI=1S/C13H11Cl2NO2S/c14-10-6-5-9(11(15)7-10)8-19(17,18)13-4-2-1-3-12(13)16/h1-7H,8,16H2. The maximum atomic E-state index is 12.3. The van der Waals surface area contributed by atoms with Gasteiger partial charge < -0.3 is 5.73 Å². The molecule has 0 saturated heterocycles. The Morgan fingerprint density at radius 1 is 1.05 bits per heavy atom. The highest BCUT2D eigenvalue weighted by atomic mass is 35.5. The van der Waals surface area contributed by atoms with Gasteiger partial charge in [0, 0.05) is 10.0 Å². The first-order valence-corrected chi connectivity index (χ1v) is 7.82. The number of nitrogens with two attached hydrogens (primary N) is 1. The average molecular weight is 316 g/mol. The molecule has 19 heavy (non-hydrogen) atoms. The van der Waals surface area contributed by atoms with Gasteiger partial charge in [0.15, 0.2) is 9.84 Å². The summed E-state index contributed by atoms with van der Waals surface area (Å²) in [5, 5.41) is 0.788. The van der Waals surface area contributed by atoms with Crippen molar-refractivity contribution in [2.75, 3.05) is 5.73 Å². The van der Waals surface area contributed by atoms with Crippen molar-refractivity contribution in [3.8, 4) is 0 Å². The zero-order valence-electron chi connectivity index (χ0n) is 9.81. The van der Waals surface area contributed by atoms with Crippen LogP contribution in [-0.4, -0.2) is 8.42 Å². The van der Waals surface area contributed by atoms with Gasteiger partial charge >= 0.3 is 0 Å². The highest BCUT2D eigenvalue weighted by molar-refractivity contribution is 7.90. The third-order valence-corrected chi connectivity index (χ3v) is 4.93. The quantitative estimate of drug-likeness (QED) is 0.881. The lowest BCUT2D eigenvalue weighted by molar-refractivity contribution is 0.595. The molecule has 0 amide bonds. The number of para-hydroxylation sites is 1. The first-order chi connectivity index (χ1) is 8.90. The highest BCUT2D eigenvalue weighted by Crippen LogP contribution is 2.27. The van der Waals surface area contributed by atoms with Crippen LogP contribution in [0.3, 0.4) is 0 Å². The van der Waals surface area contributed by atoms with Gasteiger partial charge in [0.25, 0.3) is 0 Å². The van der Waals surface area contributed by atoms with E-state index in [1.54, 1.807) is 30.3 Å². The Balaban J connectivity index is 2.40. The van der Waals surface area contributed by atoms with Crippen LogP contribution in [0.5, 0.6) is 0 Å². The number of nitrogen functional groups attached to an aromatic ring is 1. The zero-order valence-corrected chi connectivity index (χ0v) is 12.1. The summed E-state index contributed by atoms with van der Waals surface area (Å²) < 4.78 is 24.6. The van der Waals surface area contributed by atoms with Gasteiger partial charge in [-0.25, -0.2) is 8.42 Å². The van der Waals surface area contributed by atoms with Crippen molar-refractivity contribution in [1.29, 1.82) is 0 Å². The summed E-state index contributed by atoms with van der Waals surface area (Å²) >= 11 is 11.8. The molecule has 0 aliphatic heterocycles. The molecule has 100 valence electrons. The molecular formula is C13H11Cl2NO2S. The van der Waals surface area contributed by atoms with Crippen molar-refractivity contribution >= 4 is 38.7 Å². The van der Waals surface area contributed by atoms with Crippen LogP contribution in [0.2, 0.25) is 10.0 Å². The lowest BCUT2D eigenvalue weighted by Crippen LogP contribution is -2.08. The molecule has 0 bridgehead atoms. The molecule has 0 aromatic heterocycles. The second-order valence-electron chi connectivity index (χ2n) is 4.03. The molecule has 3 nitrogen and oxygen atoms in total. The SMILES string of the molecule is Nc1ccccc1S(=O)(=O)Cc1ccc(Cl)cc1Cl. The normalized spacial score (nSPS) is 11.5. The maximum Gasteiger partial charge on any atom is 0.184 e. The van der Waals surface area contributed by atoms with E-state index in [4.69, 9.17) is 28.9 Å². The number of anilines is 1. The van der Waals surface area contributed by atoms with Crippen molar-refractivity contribution in [1.82, 2.24) is 0 Å². The fourth-order valence-corrected chi connectivity index (χ4v) is 3.77. The van der Waals surface area contributed by atoms with Gasteiger partial charge in [-0.15, -0.1) is 0 Å². The molecule has 0 unspecified atom stereocenters. The van der Waals surface area contributed by atoms with Crippen molar-refractivity contribution in [2.45, 2.75) is 10.6 Å². The number of halogens is 2. The van der Waals surface area contributed by atoms with E-state index in [0.717, 1.165) is 0 Å². The van der Waals surface area contributed by atoms with Crippen LogP contribution in [0.1, 0.15) is 5.56 Å². The lowest BCUT2D eigenvalue weighted by atomic mass is 10.2. The van der Waals surface area contributed by atoms with Gasteiger partial charge in [-0.1, -0.05) is 41.4 Å². The number of sulfone groups is 1. The van der Waals surface area contributed by atoms with Crippen molar-refractivity contribution < 1.29 is 8.42 Å². The van der Waals surface area contributed by atoms with E-state index in [0.29, 0.717) is 15.6 Å². The first-order valence-electron chi connectivity index (χ1n) is 5.41. The van der Waals surface area contributed by atoms with Gasteiger partial charge in [-0.05, 0) is 29.8 Å². The fraction of sp³-hybridized carbons (Fsp3) is 0.0769. The Labute approximate surface area is 121 Å². The van der Waals surface area contributed by atoms with Crippen LogP contribution in [0.4, 0.5) is 5.69 Å². The molecule has 6 heteroatoms. The van der Waals surface area contributed by atoms with Crippen LogP contribution in [0, 0.1) is 0 Å². The van der Waals surface area contributed by atoms with Gasteiger partial charge in [0.2, 0.25) is 0 Å². The molecule has 0 atom stereocenters. The average Bonchev–Trinajstić information content (AvgIpc) is 2.33. The monoisotopic (exact) mass is 315 g/mol. The molecule has 0 radical (unpaired) electrons. The molecule has 0 aliphatic rings. The van der Waals surface area contributed by atoms with Crippen LogP contribution >= 0.6 is 23.2 Å². The van der Waals surface area contributed by atoms with E-state index in [-0.39, 0.29) is 16.3 Å². The van der Waals surface area contributed by atoms with Gasteiger partial charge in [0.05, 0.1) is 16.3 Å². The van der Waals surface area contributed by atoms with E-state index >= 15 is 0 Å². The zero-order chi connectivity index (χ0) is 14.0. The number of hydrogen-bond acceptors (Lipinski definition) is 3. The molecule has 0 saturated carbocycles. The predicted molar refractivity (Wildman–Crippen MR) is 78.2 cm³/mol. The van der Waals surface area contributed by atoms with Crippen LogP contribution in [0.25, 0.3) is 0 Å². The minimum Gasteiger partial charge on any atom is -0.398 e. The summed E-state index contributed by atoms with van der Waals surface area (Å²) in [5.74, 6) is -0.211. The van der Waals surface area contributed by atoms with Gasteiger partial charge in [-0.3, -0.25) is 0 Å². The Bertz CT molecular complexity index is 714. The highest BCUT2D eigenvalue weighted by Gasteiger charge is 2.19. The Morgan fingerprint density at radius 2 is 1.74 bits per heavy atom. The second kappa shape index (κ2) is 5.41. The van der Waals surface area contributed by atoms with Gasteiger partial charge in [0.1, 0.15) is 0 Å². The third-order valence-electron chi connectivity index (χ3n) is 2.61. The lowest BCUT2D eigenvalue weighted by Gasteiger charge is -2.08.